The van der Waals surface area contributed by atoms with Crippen molar-refractivity contribution >= 4 is 40.0 Å². The third-order valence-corrected chi connectivity index (χ3v) is 6.62. The Morgan fingerprint density at radius 2 is 2.06 bits per heavy atom. The number of aryl methyl sites for hydroxylation is 1. The second-order valence-corrected chi connectivity index (χ2v) is 8.65. The van der Waals surface area contributed by atoms with Gasteiger partial charge in [-0.25, -0.2) is 4.79 Å². The Hall–Kier alpha value is -4.23. The third kappa shape index (κ3) is 4.60. The van der Waals surface area contributed by atoms with Gasteiger partial charge >= 0.3 is 5.97 Å². The molecule has 0 radical (unpaired) electrons. The molecular formula is C24H19N3O6S. The van der Waals surface area contributed by atoms with Crippen molar-refractivity contribution in [2.75, 3.05) is 12.4 Å². The van der Waals surface area contributed by atoms with Crippen LogP contribution in [0, 0.1) is 21.4 Å². The summed E-state index contributed by atoms with van der Waals surface area (Å²) in [6.45, 7) is 0. The molecule has 0 atom stereocenters. The van der Waals surface area contributed by atoms with Crippen LogP contribution in [0.25, 0.3) is 17.4 Å². The third-order valence-electron chi connectivity index (χ3n) is 5.41. The number of hydrogen-bond acceptors (Lipinski definition) is 8. The molecule has 1 N–H and O–H groups in total. The summed E-state index contributed by atoms with van der Waals surface area (Å²) in [6, 6.07) is 11.0. The first-order chi connectivity index (χ1) is 16.4. The van der Waals surface area contributed by atoms with Crippen LogP contribution in [0.5, 0.6) is 0 Å². The van der Waals surface area contributed by atoms with Gasteiger partial charge in [-0.2, -0.15) is 5.26 Å². The van der Waals surface area contributed by atoms with Crippen molar-refractivity contribution in [2.24, 2.45) is 0 Å². The number of nitro groups is 1. The van der Waals surface area contributed by atoms with E-state index in [1.807, 2.05) is 6.07 Å². The Labute approximate surface area is 198 Å². The first kappa shape index (κ1) is 22.9. The summed E-state index contributed by atoms with van der Waals surface area (Å²) >= 11 is 1.33. The van der Waals surface area contributed by atoms with E-state index in [1.165, 1.54) is 36.7 Å². The van der Waals surface area contributed by atoms with Gasteiger partial charge in [0.25, 0.3) is 11.6 Å². The van der Waals surface area contributed by atoms with Crippen LogP contribution in [-0.2, 0) is 22.4 Å². The lowest BCUT2D eigenvalue weighted by Gasteiger charge is -2.11. The number of rotatable bonds is 6. The number of methoxy groups -OCH3 is 1. The highest BCUT2D eigenvalue weighted by Crippen LogP contribution is 2.38. The van der Waals surface area contributed by atoms with E-state index in [1.54, 1.807) is 24.3 Å². The fourth-order valence-electron chi connectivity index (χ4n) is 3.79. The number of nitrogens with one attached hydrogen (secondary N) is 1. The maximum absolute atomic E-state index is 12.9. The number of thiophene rings is 1. The lowest BCUT2D eigenvalue weighted by atomic mass is 9.95. The standard InChI is InChI=1S/C24H19N3O6S/c1-32-24(29)21-18-7-2-3-8-20(18)34-23(21)26-22(28)15(13-25)12-17-9-10-19(33-17)14-5-4-6-16(11-14)27(30)31/h4-6,9-12H,2-3,7-8H2,1H3,(H,26,28)/b15-12+. The Morgan fingerprint density at radius 3 is 2.79 bits per heavy atom. The molecule has 9 nitrogen and oxygen atoms in total. The van der Waals surface area contributed by atoms with Crippen LogP contribution in [0.2, 0.25) is 0 Å². The molecule has 1 aliphatic rings. The number of non-ortho nitro benzene ring substituents is 1. The molecule has 0 bridgehead atoms. The predicted molar refractivity (Wildman–Crippen MR) is 125 cm³/mol. The minimum absolute atomic E-state index is 0.0804. The molecule has 0 aliphatic heterocycles. The zero-order chi connectivity index (χ0) is 24.2. The van der Waals surface area contributed by atoms with Crippen LogP contribution in [0.15, 0.2) is 46.4 Å². The van der Waals surface area contributed by atoms with Crippen LogP contribution >= 0.6 is 11.3 Å². The summed E-state index contributed by atoms with van der Waals surface area (Å²) in [6.07, 6.45) is 4.81. The Morgan fingerprint density at radius 1 is 1.26 bits per heavy atom. The number of nitrogens with zero attached hydrogens (tertiary/aromatic N) is 2. The molecule has 1 amide bonds. The Kier molecular flexibility index (Phi) is 6.56. The van der Waals surface area contributed by atoms with Crippen LogP contribution in [0.1, 0.15) is 39.4 Å². The van der Waals surface area contributed by atoms with Gasteiger partial charge in [-0.05, 0) is 43.4 Å². The van der Waals surface area contributed by atoms with Gasteiger partial charge in [0.05, 0.1) is 17.6 Å². The molecule has 0 saturated carbocycles. The van der Waals surface area contributed by atoms with E-state index in [0.29, 0.717) is 21.9 Å². The van der Waals surface area contributed by atoms with Gasteiger partial charge in [0.2, 0.25) is 0 Å². The number of esters is 1. The van der Waals surface area contributed by atoms with Crippen molar-refractivity contribution in [2.45, 2.75) is 25.7 Å². The summed E-state index contributed by atoms with van der Waals surface area (Å²) in [5.74, 6) is -0.622. The van der Waals surface area contributed by atoms with Gasteiger partial charge in [0, 0.05) is 28.6 Å². The minimum Gasteiger partial charge on any atom is -0.465 e. The summed E-state index contributed by atoms with van der Waals surface area (Å²) in [5.41, 5.74) is 1.43. The van der Waals surface area contributed by atoms with E-state index in [0.717, 1.165) is 36.1 Å². The van der Waals surface area contributed by atoms with Gasteiger partial charge in [-0.1, -0.05) is 12.1 Å². The van der Waals surface area contributed by atoms with E-state index >= 15 is 0 Å². The summed E-state index contributed by atoms with van der Waals surface area (Å²) in [7, 11) is 1.29. The molecule has 0 saturated heterocycles. The number of carbonyl (C=O) groups is 2. The Balaban J connectivity index is 1.59. The van der Waals surface area contributed by atoms with Crippen molar-refractivity contribution in [1.29, 1.82) is 5.26 Å². The van der Waals surface area contributed by atoms with Crippen molar-refractivity contribution < 1.29 is 23.7 Å². The molecule has 0 fully saturated rings. The normalized spacial score (nSPS) is 13.0. The molecule has 34 heavy (non-hydrogen) atoms. The maximum atomic E-state index is 12.9. The van der Waals surface area contributed by atoms with Crippen molar-refractivity contribution in [3.8, 4) is 17.4 Å². The van der Waals surface area contributed by atoms with E-state index in [2.05, 4.69) is 5.32 Å². The zero-order valence-electron chi connectivity index (χ0n) is 18.1. The van der Waals surface area contributed by atoms with E-state index in [-0.39, 0.29) is 17.0 Å². The second kappa shape index (κ2) is 9.72. The molecule has 3 aromatic rings. The van der Waals surface area contributed by atoms with Gasteiger partial charge in [-0.3, -0.25) is 14.9 Å². The molecule has 172 valence electrons. The van der Waals surface area contributed by atoms with E-state index in [9.17, 15) is 25.0 Å². The number of furan rings is 1. The summed E-state index contributed by atoms with van der Waals surface area (Å²) in [5, 5.41) is 23.6. The molecule has 4 rings (SSSR count). The van der Waals surface area contributed by atoms with E-state index in [4.69, 9.17) is 9.15 Å². The summed E-state index contributed by atoms with van der Waals surface area (Å²) in [4.78, 5) is 36.8. The van der Waals surface area contributed by atoms with Crippen LogP contribution < -0.4 is 5.32 Å². The molecule has 1 aliphatic carbocycles. The summed E-state index contributed by atoms with van der Waals surface area (Å²) < 4.78 is 10.6. The van der Waals surface area contributed by atoms with Crippen LogP contribution in [0.3, 0.4) is 0 Å². The maximum Gasteiger partial charge on any atom is 0.341 e. The number of fused-ring (bicyclic) bond motifs is 1. The number of ether oxygens (including phenoxy) is 1. The SMILES string of the molecule is COC(=O)c1c(NC(=O)/C(C#N)=C/c2ccc(-c3cccc([N+](=O)[O-])c3)o2)sc2c1CCCC2. The number of carbonyl (C=O) groups excluding carboxylic acids is 2. The van der Waals surface area contributed by atoms with Crippen molar-refractivity contribution in [1.82, 2.24) is 0 Å². The molecule has 10 heteroatoms. The highest BCUT2D eigenvalue weighted by Gasteiger charge is 2.27. The topological polar surface area (TPSA) is 135 Å². The fraction of sp³-hybridized carbons (Fsp3) is 0.208. The lowest BCUT2D eigenvalue weighted by Crippen LogP contribution is -2.16. The predicted octanol–water partition coefficient (Wildman–Crippen LogP) is 5.13. The van der Waals surface area contributed by atoms with Gasteiger partial charge < -0.3 is 14.5 Å². The quantitative estimate of drug-likeness (QED) is 0.171. The lowest BCUT2D eigenvalue weighted by molar-refractivity contribution is -0.384. The second-order valence-electron chi connectivity index (χ2n) is 7.54. The molecule has 0 unspecified atom stereocenters. The Bertz CT molecular complexity index is 1360. The number of amides is 1. The first-order valence-corrected chi connectivity index (χ1v) is 11.2. The monoisotopic (exact) mass is 477 g/mol. The smallest absolute Gasteiger partial charge is 0.341 e. The number of benzene rings is 1. The first-order valence-electron chi connectivity index (χ1n) is 10.4. The molecule has 0 spiro atoms. The molecule has 1 aromatic carbocycles. The zero-order valence-corrected chi connectivity index (χ0v) is 18.9. The van der Waals surface area contributed by atoms with Gasteiger partial charge in [-0.15, -0.1) is 11.3 Å². The molecule has 2 heterocycles. The van der Waals surface area contributed by atoms with Crippen LogP contribution in [-0.4, -0.2) is 23.9 Å². The minimum atomic E-state index is -0.681. The number of nitriles is 1. The average molecular weight is 477 g/mol. The highest BCUT2D eigenvalue weighted by atomic mass is 32.1. The van der Waals surface area contributed by atoms with E-state index < -0.39 is 16.8 Å². The largest absolute Gasteiger partial charge is 0.465 e. The fourth-order valence-corrected chi connectivity index (χ4v) is 5.06. The molecule has 2 aromatic heterocycles. The van der Waals surface area contributed by atoms with Gasteiger partial charge in [0.1, 0.15) is 28.2 Å². The average Bonchev–Trinajstić information content (AvgIpc) is 3.46. The molecular weight excluding hydrogens is 458 g/mol. The van der Waals surface area contributed by atoms with Crippen LogP contribution in [0.4, 0.5) is 10.7 Å². The number of nitro benzene ring substituents is 1. The number of anilines is 1. The van der Waals surface area contributed by atoms with Gasteiger partial charge in [0.15, 0.2) is 0 Å². The number of hydrogen-bond donors (Lipinski definition) is 1. The van der Waals surface area contributed by atoms with Crippen molar-refractivity contribution in [3.05, 3.63) is 73.8 Å². The van der Waals surface area contributed by atoms with Crippen molar-refractivity contribution in [3.63, 3.8) is 0 Å². The highest BCUT2D eigenvalue weighted by molar-refractivity contribution is 7.17.